The van der Waals surface area contributed by atoms with E-state index in [0.29, 0.717) is 18.0 Å². The highest BCUT2D eigenvalue weighted by Gasteiger charge is 2.10. The standard InChI is InChI=1S/C16H16BrN3O/c1-2-20-15-6-4-3-5-12(15)14(19-20)10-21-16-8-7-11(17)9-13(16)18/h3-9H,2,10,18H2,1H3. The van der Waals surface area contributed by atoms with Crippen LogP contribution >= 0.6 is 15.9 Å². The van der Waals surface area contributed by atoms with Gasteiger partial charge in [0.15, 0.2) is 0 Å². The highest BCUT2D eigenvalue weighted by molar-refractivity contribution is 9.10. The molecule has 3 rings (SSSR count). The Hall–Kier alpha value is -2.01. The topological polar surface area (TPSA) is 53.1 Å². The van der Waals surface area contributed by atoms with E-state index in [1.54, 1.807) is 0 Å². The number of anilines is 1. The predicted octanol–water partition coefficient (Wildman–Crippen LogP) is 3.98. The molecule has 0 saturated heterocycles. The largest absolute Gasteiger partial charge is 0.485 e. The normalized spacial score (nSPS) is 11.0. The smallest absolute Gasteiger partial charge is 0.142 e. The van der Waals surface area contributed by atoms with Crippen LogP contribution in [0.4, 0.5) is 5.69 Å². The second-order valence-electron chi connectivity index (χ2n) is 4.75. The summed E-state index contributed by atoms with van der Waals surface area (Å²) in [6.45, 7) is 3.32. The Balaban J connectivity index is 1.88. The van der Waals surface area contributed by atoms with Gasteiger partial charge < -0.3 is 10.5 Å². The van der Waals surface area contributed by atoms with Crippen LogP contribution in [0.15, 0.2) is 46.9 Å². The Morgan fingerprint density at radius 1 is 1.24 bits per heavy atom. The SMILES string of the molecule is CCn1nc(COc2ccc(Br)cc2N)c2ccccc21. The van der Waals surface area contributed by atoms with Gasteiger partial charge in [0.1, 0.15) is 18.1 Å². The van der Waals surface area contributed by atoms with E-state index in [-0.39, 0.29) is 0 Å². The van der Waals surface area contributed by atoms with Crippen LogP contribution in [0.5, 0.6) is 5.75 Å². The van der Waals surface area contributed by atoms with Crippen molar-refractivity contribution in [1.82, 2.24) is 9.78 Å². The Morgan fingerprint density at radius 2 is 2.05 bits per heavy atom. The lowest BCUT2D eigenvalue weighted by molar-refractivity contribution is 0.302. The maximum atomic E-state index is 5.95. The molecule has 2 N–H and O–H groups in total. The number of aromatic nitrogens is 2. The summed E-state index contributed by atoms with van der Waals surface area (Å²) in [5.41, 5.74) is 8.62. The van der Waals surface area contributed by atoms with E-state index in [1.165, 1.54) is 0 Å². The first-order chi connectivity index (χ1) is 10.2. The molecule has 0 bridgehead atoms. The zero-order valence-electron chi connectivity index (χ0n) is 11.7. The first kappa shape index (κ1) is 13.9. The van der Waals surface area contributed by atoms with Crippen LogP contribution in [0.3, 0.4) is 0 Å². The number of hydrogen-bond acceptors (Lipinski definition) is 3. The van der Waals surface area contributed by atoms with Crippen molar-refractivity contribution in [2.75, 3.05) is 5.73 Å². The molecule has 0 spiro atoms. The highest BCUT2D eigenvalue weighted by Crippen LogP contribution is 2.27. The molecular weight excluding hydrogens is 330 g/mol. The average molecular weight is 346 g/mol. The first-order valence-electron chi connectivity index (χ1n) is 6.81. The zero-order valence-corrected chi connectivity index (χ0v) is 13.3. The Labute approximate surface area is 131 Å². The fourth-order valence-corrected chi connectivity index (χ4v) is 2.72. The molecular formula is C16H16BrN3O. The molecule has 108 valence electrons. The summed E-state index contributed by atoms with van der Waals surface area (Å²) in [6.07, 6.45) is 0. The lowest BCUT2D eigenvalue weighted by atomic mass is 10.2. The van der Waals surface area contributed by atoms with Crippen molar-refractivity contribution >= 4 is 32.5 Å². The van der Waals surface area contributed by atoms with E-state index in [1.807, 2.05) is 35.0 Å². The van der Waals surface area contributed by atoms with E-state index in [2.05, 4.69) is 40.1 Å². The van der Waals surface area contributed by atoms with Gasteiger partial charge in [-0.3, -0.25) is 4.68 Å². The van der Waals surface area contributed by atoms with Gasteiger partial charge in [-0.1, -0.05) is 34.1 Å². The summed E-state index contributed by atoms with van der Waals surface area (Å²) < 4.78 is 8.75. The maximum absolute atomic E-state index is 5.95. The van der Waals surface area contributed by atoms with Gasteiger partial charge in [0, 0.05) is 16.4 Å². The van der Waals surface area contributed by atoms with E-state index in [4.69, 9.17) is 10.5 Å². The number of nitrogen functional groups attached to an aromatic ring is 1. The summed E-state index contributed by atoms with van der Waals surface area (Å²) in [7, 11) is 0. The van der Waals surface area contributed by atoms with Gasteiger partial charge in [0.05, 0.1) is 11.2 Å². The van der Waals surface area contributed by atoms with Crippen LogP contribution in [0.25, 0.3) is 10.9 Å². The van der Waals surface area contributed by atoms with Crippen molar-refractivity contribution in [2.24, 2.45) is 0 Å². The average Bonchev–Trinajstić information content (AvgIpc) is 2.85. The minimum atomic E-state index is 0.402. The molecule has 5 heteroatoms. The van der Waals surface area contributed by atoms with E-state index in [9.17, 15) is 0 Å². The number of ether oxygens (including phenoxy) is 1. The van der Waals surface area contributed by atoms with E-state index < -0.39 is 0 Å². The Kier molecular flexibility index (Phi) is 3.84. The number of nitrogens with two attached hydrogens (primary N) is 1. The lowest BCUT2D eigenvalue weighted by Gasteiger charge is -2.07. The second kappa shape index (κ2) is 5.77. The third kappa shape index (κ3) is 2.74. The minimum absolute atomic E-state index is 0.402. The van der Waals surface area contributed by atoms with Crippen molar-refractivity contribution in [3.8, 4) is 5.75 Å². The quantitative estimate of drug-likeness (QED) is 0.727. The second-order valence-corrected chi connectivity index (χ2v) is 5.67. The highest BCUT2D eigenvalue weighted by atomic mass is 79.9. The predicted molar refractivity (Wildman–Crippen MR) is 88.3 cm³/mol. The van der Waals surface area contributed by atoms with Gasteiger partial charge in [0.2, 0.25) is 0 Å². The Morgan fingerprint density at radius 3 is 2.81 bits per heavy atom. The van der Waals surface area contributed by atoms with Crippen LogP contribution in [-0.2, 0) is 13.2 Å². The molecule has 0 aliphatic heterocycles. The number of hydrogen-bond donors (Lipinski definition) is 1. The number of halogens is 1. The van der Waals surface area contributed by atoms with Gasteiger partial charge in [-0.25, -0.2) is 0 Å². The number of rotatable bonds is 4. The molecule has 0 saturated carbocycles. The number of fused-ring (bicyclic) bond motifs is 1. The molecule has 0 atom stereocenters. The summed E-state index contributed by atoms with van der Waals surface area (Å²) >= 11 is 3.39. The zero-order chi connectivity index (χ0) is 14.8. The molecule has 4 nitrogen and oxygen atoms in total. The van der Waals surface area contributed by atoms with E-state index >= 15 is 0 Å². The van der Waals surface area contributed by atoms with Gasteiger partial charge in [-0.05, 0) is 31.2 Å². The maximum Gasteiger partial charge on any atom is 0.142 e. The van der Waals surface area contributed by atoms with Crippen molar-refractivity contribution < 1.29 is 4.74 Å². The molecule has 21 heavy (non-hydrogen) atoms. The van der Waals surface area contributed by atoms with Crippen LogP contribution in [0.2, 0.25) is 0 Å². The van der Waals surface area contributed by atoms with Crippen LogP contribution < -0.4 is 10.5 Å². The summed E-state index contributed by atoms with van der Waals surface area (Å²) in [5, 5.41) is 5.73. The van der Waals surface area contributed by atoms with Gasteiger partial charge in [0.25, 0.3) is 0 Å². The third-order valence-electron chi connectivity index (χ3n) is 3.37. The lowest BCUT2D eigenvalue weighted by Crippen LogP contribution is -2.01. The molecule has 0 fully saturated rings. The molecule has 0 amide bonds. The summed E-state index contributed by atoms with van der Waals surface area (Å²) in [4.78, 5) is 0. The van der Waals surface area contributed by atoms with Crippen molar-refractivity contribution in [3.05, 3.63) is 52.6 Å². The molecule has 2 aromatic carbocycles. The number of aryl methyl sites for hydroxylation is 1. The molecule has 0 aliphatic rings. The molecule has 0 radical (unpaired) electrons. The van der Waals surface area contributed by atoms with Crippen molar-refractivity contribution in [2.45, 2.75) is 20.1 Å². The van der Waals surface area contributed by atoms with Crippen molar-refractivity contribution in [3.63, 3.8) is 0 Å². The monoisotopic (exact) mass is 345 g/mol. The van der Waals surface area contributed by atoms with Crippen LogP contribution in [0.1, 0.15) is 12.6 Å². The number of benzene rings is 2. The summed E-state index contributed by atoms with van der Waals surface area (Å²) in [6, 6.07) is 13.8. The Bertz CT molecular complexity index is 782. The summed E-state index contributed by atoms with van der Waals surface area (Å²) in [5.74, 6) is 0.674. The van der Waals surface area contributed by atoms with Gasteiger partial charge in [-0.15, -0.1) is 0 Å². The third-order valence-corrected chi connectivity index (χ3v) is 3.86. The number of para-hydroxylation sites is 1. The van der Waals surface area contributed by atoms with Crippen LogP contribution in [0, 0.1) is 0 Å². The van der Waals surface area contributed by atoms with Crippen molar-refractivity contribution in [1.29, 1.82) is 0 Å². The molecule has 0 unspecified atom stereocenters. The van der Waals surface area contributed by atoms with Gasteiger partial charge in [-0.2, -0.15) is 5.10 Å². The molecule has 1 aromatic heterocycles. The molecule has 3 aromatic rings. The van der Waals surface area contributed by atoms with Crippen LogP contribution in [-0.4, -0.2) is 9.78 Å². The van der Waals surface area contributed by atoms with E-state index in [0.717, 1.165) is 27.6 Å². The molecule has 0 aliphatic carbocycles. The van der Waals surface area contributed by atoms with Gasteiger partial charge >= 0.3 is 0 Å². The first-order valence-corrected chi connectivity index (χ1v) is 7.60. The fraction of sp³-hybridized carbons (Fsp3) is 0.188. The minimum Gasteiger partial charge on any atom is -0.485 e. The number of nitrogens with zero attached hydrogens (tertiary/aromatic N) is 2. The fourth-order valence-electron chi connectivity index (χ4n) is 2.34. The molecule has 1 heterocycles.